The van der Waals surface area contributed by atoms with Crippen molar-refractivity contribution >= 4 is 11.8 Å². The zero-order chi connectivity index (χ0) is 33.6. The van der Waals surface area contributed by atoms with E-state index in [1.54, 1.807) is 25.1 Å². The maximum atomic E-state index is 15.2. The Morgan fingerprint density at radius 3 is 2.23 bits per heavy atom. The van der Waals surface area contributed by atoms with Gasteiger partial charge in [0.05, 0.1) is 37.8 Å². The van der Waals surface area contributed by atoms with Crippen LogP contribution in [-0.4, -0.2) is 68.1 Å². The molecule has 11 heteroatoms. The first-order chi connectivity index (χ1) is 22.6. The van der Waals surface area contributed by atoms with Crippen molar-refractivity contribution in [3.05, 3.63) is 106 Å². The van der Waals surface area contributed by atoms with Gasteiger partial charge in [0, 0.05) is 41.1 Å². The van der Waals surface area contributed by atoms with E-state index in [0.717, 1.165) is 42.8 Å². The van der Waals surface area contributed by atoms with E-state index >= 15 is 8.78 Å². The number of imidazole rings is 1. The fourth-order valence-corrected chi connectivity index (χ4v) is 6.88. The molecule has 1 atom stereocenters. The Morgan fingerprint density at radius 1 is 0.872 bits per heavy atom. The van der Waals surface area contributed by atoms with Gasteiger partial charge in [-0.15, -0.1) is 0 Å². The molecule has 4 aromatic rings. The maximum Gasteiger partial charge on any atom is 0.173 e. The summed E-state index contributed by atoms with van der Waals surface area (Å²) in [5.41, 5.74) is 3.33. The summed E-state index contributed by atoms with van der Waals surface area (Å²) < 4.78 is 77.2. The highest BCUT2D eigenvalue weighted by molar-refractivity contribution is 7.98. The molecule has 47 heavy (non-hydrogen) atoms. The standard InChI is InChI=1S/C36H41F4N3O3S/c1-24-20-25(7-12-30(24)38)36(2)13-5-6-33-34(36)43(27-10-8-26(37)9-11-27)35(41-33)47-23-29-31(39)21-28(22-32(29)40)46-19-18-45-17-16-44-15-14-42(3)4/h7-12,20-22H,5-6,13-19,23H2,1-4H3. The highest BCUT2D eigenvalue weighted by Gasteiger charge is 2.39. The van der Waals surface area contributed by atoms with Crippen LogP contribution in [0.15, 0.2) is 59.8 Å². The van der Waals surface area contributed by atoms with Gasteiger partial charge in [0.15, 0.2) is 5.16 Å². The maximum absolute atomic E-state index is 15.2. The molecule has 0 amide bonds. The van der Waals surface area contributed by atoms with E-state index < -0.39 is 17.0 Å². The van der Waals surface area contributed by atoms with E-state index in [-0.39, 0.29) is 41.9 Å². The van der Waals surface area contributed by atoms with E-state index in [4.69, 9.17) is 19.2 Å². The molecule has 252 valence electrons. The molecule has 0 bridgehead atoms. The Balaban J connectivity index is 1.32. The predicted molar refractivity (Wildman–Crippen MR) is 176 cm³/mol. The number of hydrogen-bond acceptors (Lipinski definition) is 6. The minimum Gasteiger partial charge on any atom is -0.491 e. The van der Waals surface area contributed by atoms with Crippen LogP contribution >= 0.6 is 11.8 Å². The highest BCUT2D eigenvalue weighted by Crippen LogP contribution is 2.46. The SMILES string of the molecule is Cc1cc(C2(C)CCCc3nc(SCc4c(F)cc(OCCOCCOCCN(C)C)cc4F)n(-c4ccc(F)cc4)c32)ccc1F. The molecule has 6 nitrogen and oxygen atoms in total. The first kappa shape index (κ1) is 34.9. The Morgan fingerprint density at radius 2 is 1.55 bits per heavy atom. The van der Waals surface area contributed by atoms with Gasteiger partial charge in [-0.05, 0) is 88.7 Å². The summed E-state index contributed by atoms with van der Waals surface area (Å²) >= 11 is 1.21. The molecular formula is C36H41F4N3O3S. The summed E-state index contributed by atoms with van der Waals surface area (Å²) in [5, 5.41) is 0.538. The summed E-state index contributed by atoms with van der Waals surface area (Å²) in [7, 11) is 3.94. The van der Waals surface area contributed by atoms with Crippen LogP contribution in [0.25, 0.3) is 5.69 Å². The minimum absolute atomic E-state index is 0.0294. The lowest BCUT2D eigenvalue weighted by Gasteiger charge is -2.36. The smallest absolute Gasteiger partial charge is 0.173 e. The molecule has 1 aromatic heterocycles. The van der Waals surface area contributed by atoms with Crippen LogP contribution in [0.4, 0.5) is 17.6 Å². The van der Waals surface area contributed by atoms with Gasteiger partial charge in [-0.1, -0.05) is 23.9 Å². The molecule has 1 heterocycles. The Hall–Kier alpha value is -3.38. The average Bonchev–Trinajstić information content (AvgIpc) is 3.41. The molecule has 0 fully saturated rings. The van der Waals surface area contributed by atoms with Crippen molar-refractivity contribution in [3.8, 4) is 11.4 Å². The van der Waals surface area contributed by atoms with Gasteiger partial charge in [-0.25, -0.2) is 22.5 Å². The molecule has 1 aliphatic rings. The molecule has 0 aliphatic heterocycles. The number of aryl methyl sites for hydroxylation is 2. The molecule has 0 spiro atoms. The quantitative estimate of drug-likeness (QED) is 0.0736. The van der Waals surface area contributed by atoms with Crippen molar-refractivity contribution < 1.29 is 31.8 Å². The van der Waals surface area contributed by atoms with Crippen LogP contribution in [0.5, 0.6) is 5.75 Å². The largest absolute Gasteiger partial charge is 0.491 e. The second kappa shape index (κ2) is 15.7. The van der Waals surface area contributed by atoms with Crippen molar-refractivity contribution in [3.63, 3.8) is 0 Å². The van der Waals surface area contributed by atoms with Gasteiger partial charge in [-0.3, -0.25) is 4.57 Å². The Bertz CT molecular complexity index is 1640. The van der Waals surface area contributed by atoms with Crippen LogP contribution in [0.2, 0.25) is 0 Å². The Kier molecular flexibility index (Phi) is 11.7. The van der Waals surface area contributed by atoms with Gasteiger partial charge in [0.2, 0.25) is 0 Å². The zero-order valence-electron chi connectivity index (χ0n) is 27.3. The fraction of sp³-hybridized carbons (Fsp3) is 0.417. The van der Waals surface area contributed by atoms with Crippen molar-refractivity contribution in [2.24, 2.45) is 0 Å². The lowest BCUT2D eigenvalue weighted by atomic mass is 9.71. The topological polar surface area (TPSA) is 48.8 Å². The number of aromatic nitrogens is 2. The summed E-state index contributed by atoms with van der Waals surface area (Å²) in [6.07, 6.45) is 2.38. The predicted octanol–water partition coefficient (Wildman–Crippen LogP) is 7.65. The van der Waals surface area contributed by atoms with Gasteiger partial charge < -0.3 is 19.1 Å². The van der Waals surface area contributed by atoms with Gasteiger partial charge in [0.25, 0.3) is 0 Å². The zero-order valence-corrected chi connectivity index (χ0v) is 28.1. The molecular weight excluding hydrogens is 630 g/mol. The number of halogens is 4. The fourth-order valence-electron chi connectivity index (χ4n) is 5.83. The van der Waals surface area contributed by atoms with Crippen LogP contribution in [0, 0.1) is 30.2 Å². The van der Waals surface area contributed by atoms with Gasteiger partial charge in [-0.2, -0.15) is 0 Å². The summed E-state index contributed by atoms with van der Waals surface area (Å²) in [6.45, 7) is 6.53. The van der Waals surface area contributed by atoms with E-state index in [2.05, 4.69) is 6.92 Å². The van der Waals surface area contributed by atoms with Crippen LogP contribution in [-0.2, 0) is 27.1 Å². The first-order valence-corrected chi connectivity index (χ1v) is 16.7. The molecule has 0 N–H and O–H groups in total. The number of likely N-dealkylation sites (N-methyl/N-ethyl adjacent to an activating group) is 1. The highest BCUT2D eigenvalue weighted by atomic mass is 32.2. The normalized spacial score (nSPS) is 16.1. The summed E-state index contributed by atoms with van der Waals surface area (Å²) in [6, 6.07) is 13.6. The van der Waals surface area contributed by atoms with Crippen molar-refractivity contribution in [2.75, 3.05) is 53.7 Å². The number of rotatable bonds is 15. The van der Waals surface area contributed by atoms with E-state index in [9.17, 15) is 8.78 Å². The summed E-state index contributed by atoms with van der Waals surface area (Å²) in [5.74, 6) is -2.05. The second-order valence-corrected chi connectivity index (χ2v) is 13.1. The van der Waals surface area contributed by atoms with Crippen LogP contribution in [0.3, 0.4) is 0 Å². The minimum atomic E-state index is -0.723. The molecule has 3 aromatic carbocycles. The molecule has 1 unspecified atom stereocenters. The number of fused-ring (bicyclic) bond motifs is 1. The number of benzene rings is 3. The third-order valence-corrected chi connectivity index (χ3v) is 9.39. The van der Waals surface area contributed by atoms with Crippen LogP contribution < -0.4 is 4.74 Å². The van der Waals surface area contributed by atoms with E-state index in [1.165, 1.54) is 42.1 Å². The first-order valence-electron chi connectivity index (χ1n) is 15.7. The van der Waals surface area contributed by atoms with Gasteiger partial charge in [0.1, 0.15) is 35.6 Å². The van der Waals surface area contributed by atoms with Gasteiger partial charge >= 0.3 is 0 Å². The number of nitrogens with zero attached hydrogens (tertiary/aromatic N) is 3. The molecule has 5 rings (SSSR count). The van der Waals surface area contributed by atoms with E-state index in [0.29, 0.717) is 36.2 Å². The molecule has 0 saturated carbocycles. The van der Waals surface area contributed by atoms with E-state index in [1.807, 2.05) is 29.6 Å². The second-order valence-electron chi connectivity index (χ2n) is 12.2. The average molecular weight is 672 g/mol. The number of hydrogen-bond donors (Lipinski definition) is 0. The lowest BCUT2D eigenvalue weighted by Crippen LogP contribution is -2.31. The van der Waals surface area contributed by atoms with Crippen molar-refractivity contribution in [1.82, 2.24) is 14.5 Å². The third-order valence-electron chi connectivity index (χ3n) is 8.42. The van der Waals surface area contributed by atoms with Crippen molar-refractivity contribution in [2.45, 2.75) is 49.4 Å². The van der Waals surface area contributed by atoms with Crippen LogP contribution in [0.1, 0.15) is 47.8 Å². The molecule has 0 saturated heterocycles. The van der Waals surface area contributed by atoms with Crippen molar-refractivity contribution in [1.29, 1.82) is 0 Å². The molecule has 1 aliphatic carbocycles. The lowest BCUT2D eigenvalue weighted by molar-refractivity contribution is 0.0324. The third kappa shape index (κ3) is 8.38. The number of thioether (sulfide) groups is 1. The molecule has 0 radical (unpaired) electrons. The monoisotopic (exact) mass is 671 g/mol. The summed E-state index contributed by atoms with van der Waals surface area (Å²) in [4.78, 5) is 6.98. The Labute approximate surface area is 278 Å². The number of ether oxygens (including phenoxy) is 3.